The SMILES string of the molecule is O=C(O)c1ccc(NC(=O)c2cccc(Cl)c2)cc1. The van der Waals surface area contributed by atoms with Crippen LogP contribution >= 0.6 is 11.6 Å². The molecule has 0 spiro atoms. The summed E-state index contributed by atoms with van der Waals surface area (Å²) in [5.41, 5.74) is 1.13. The molecule has 0 fully saturated rings. The number of benzene rings is 2. The molecule has 2 aromatic rings. The highest BCUT2D eigenvalue weighted by atomic mass is 35.5. The van der Waals surface area contributed by atoms with Gasteiger partial charge in [0.05, 0.1) is 5.56 Å². The Morgan fingerprint density at radius 1 is 1.00 bits per heavy atom. The number of aromatic carboxylic acids is 1. The van der Waals surface area contributed by atoms with Gasteiger partial charge in [-0.1, -0.05) is 17.7 Å². The molecule has 0 heterocycles. The number of carboxylic acids is 1. The quantitative estimate of drug-likeness (QED) is 0.903. The number of anilines is 1. The number of nitrogens with one attached hydrogen (secondary N) is 1. The molecule has 4 nitrogen and oxygen atoms in total. The first-order chi connectivity index (χ1) is 9.06. The fourth-order valence-corrected chi connectivity index (χ4v) is 1.72. The highest BCUT2D eigenvalue weighted by Gasteiger charge is 2.07. The molecule has 0 aliphatic carbocycles. The second kappa shape index (κ2) is 5.54. The van der Waals surface area contributed by atoms with Crippen molar-refractivity contribution in [2.24, 2.45) is 0 Å². The topological polar surface area (TPSA) is 66.4 Å². The Hall–Kier alpha value is -2.33. The number of carboxylic acid groups (broad SMARTS) is 1. The molecule has 19 heavy (non-hydrogen) atoms. The summed E-state index contributed by atoms with van der Waals surface area (Å²) in [7, 11) is 0. The van der Waals surface area contributed by atoms with Gasteiger partial charge in [0.1, 0.15) is 0 Å². The molecule has 0 radical (unpaired) electrons. The van der Waals surface area contributed by atoms with E-state index in [1.807, 2.05) is 0 Å². The predicted molar refractivity (Wildman–Crippen MR) is 72.8 cm³/mol. The molecular formula is C14H10ClNO3. The van der Waals surface area contributed by atoms with Gasteiger partial charge < -0.3 is 10.4 Å². The molecule has 0 aliphatic heterocycles. The Balaban J connectivity index is 2.13. The predicted octanol–water partition coefficient (Wildman–Crippen LogP) is 3.29. The maximum absolute atomic E-state index is 11.9. The number of hydrogen-bond donors (Lipinski definition) is 2. The normalized spacial score (nSPS) is 9.95. The fourth-order valence-electron chi connectivity index (χ4n) is 1.53. The number of carbonyl (C=O) groups excluding carboxylic acids is 1. The van der Waals surface area contributed by atoms with Crippen LogP contribution in [0.4, 0.5) is 5.69 Å². The Kier molecular flexibility index (Phi) is 3.82. The summed E-state index contributed by atoms with van der Waals surface area (Å²) in [6, 6.07) is 12.5. The van der Waals surface area contributed by atoms with Gasteiger partial charge in [-0.05, 0) is 42.5 Å². The van der Waals surface area contributed by atoms with Crippen molar-refractivity contribution in [2.45, 2.75) is 0 Å². The summed E-state index contributed by atoms with van der Waals surface area (Å²) in [5.74, 6) is -1.31. The van der Waals surface area contributed by atoms with Crippen molar-refractivity contribution >= 4 is 29.2 Å². The maximum atomic E-state index is 11.9. The molecule has 2 N–H and O–H groups in total. The summed E-state index contributed by atoms with van der Waals surface area (Å²) in [6.45, 7) is 0. The van der Waals surface area contributed by atoms with Crippen LogP contribution in [0.5, 0.6) is 0 Å². The number of halogens is 1. The van der Waals surface area contributed by atoms with Gasteiger partial charge in [0.15, 0.2) is 0 Å². The van der Waals surface area contributed by atoms with E-state index in [1.54, 1.807) is 24.3 Å². The van der Waals surface area contributed by atoms with Crippen molar-refractivity contribution in [1.82, 2.24) is 0 Å². The first-order valence-electron chi connectivity index (χ1n) is 5.46. The average molecular weight is 276 g/mol. The average Bonchev–Trinajstić information content (AvgIpc) is 2.39. The molecule has 0 bridgehead atoms. The molecule has 0 saturated heterocycles. The van der Waals surface area contributed by atoms with Crippen LogP contribution in [0, 0.1) is 0 Å². The minimum absolute atomic E-state index is 0.167. The van der Waals surface area contributed by atoms with Crippen LogP contribution in [-0.2, 0) is 0 Å². The number of rotatable bonds is 3. The summed E-state index contributed by atoms with van der Waals surface area (Å²) in [4.78, 5) is 22.6. The third-order valence-electron chi connectivity index (χ3n) is 2.48. The van der Waals surface area contributed by atoms with E-state index in [1.165, 1.54) is 24.3 Å². The third-order valence-corrected chi connectivity index (χ3v) is 2.71. The molecule has 0 aliphatic rings. The summed E-state index contributed by atoms with van der Waals surface area (Å²) >= 11 is 5.80. The van der Waals surface area contributed by atoms with Gasteiger partial charge in [-0.25, -0.2) is 4.79 Å². The van der Waals surface area contributed by atoms with Crippen LogP contribution in [0.25, 0.3) is 0 Å². The number of carbonyl (C=O) groups is 2. The monoisotopic (exact) mass is 275 g/mol. The Morgan fingerprint density at radius 3 is 2.26 bits per heavy atom. The van der Waals surface area contributed by atoms with Crippen molar-refractivity contribution in [3.63, 3.8) is 0 Å². The van der Waals surface area contributed by atoms with Gasteiger partial charge in [0, 0.05) is 16.3 Å². The van der Waals surface area contributed by atoms with Gasteiger partial charge in [-0.2, -0.15) is 0 Å². The van der Waals surface area contributed by atoms with Crippen LogP contribution in [-0.4, -0.2) is 17.0 Å². The Morgan fingerprint density at radius 2 is 1.68 bits per heavy atom. The molecule has 96 valence electrons. The third kappa shape index (κ3) is 3.33. The lowest BCUT2D eigenvalue weighted by Gasteiger charge is -2.05. The lowest BCUT2D eigenvalue weighted by molar-refractivity contribution is 0.0696. The zero-order chi connectivity index (χ0) is 13.8. The zero-order valence-electron chi connectivity index (χ0n) is 9.76. The minimum atomic E-state index is -1.01. The van der Waals surface area contributed by atoms with Crippen molar-refractivity contribution in [1.29, 1.82) is 0 Å². The van der Waals surface area contributed by atoms with Crippen LogP contribution in [0.1, 0.15) is 20.7 Å². The van der Waals surface area contributed by atoms with Gasteiger partial charge in [0.2, 0.25) is 0 Å². The van der Waals surface area contributed by atoms with E-state index >= 15 is 0 Å². The number of hydrogen-bond acceptors (Lipinski definition) is 2. The van der Waals surface area contributed by atoms with Crippen molar-refractivity contribution in [3.05, 3.63) is 64.7 Å². The molecule has 0 saturated carbocycles. The van der Waals surface area contributed by atoms with Gasteiger partial charge >= 0.3 is 5.97 Å². The van der Waals surface area contributed by atoms with E-state index < -0.39 is 5.97 Å². The summed E-state index contributed by atoms with van der Waals surface area (Å²) in [6.07, 6.45) is 0. The van der Waals surface area contributed by atoms with Gasteiger partial charge in [-0.15, -0.1) is 0 Å². The smallest absolute Gasteiger partial charge is 0.335 e. The van der Waals surface area contributed by atoms with Crippen LogP contribution in [0.3, 0.4) is 0 Å². The minimum Gasteiger partial charge on any atom is -0.478 e. The first-order valence-corrected chi connectivity index (χ1v) is 5.84. The highest BCUT2D eigenvalue weighted by molar-refractivity contribution is 6.31. The van der Waals surface area contributed by atoms with E-state index in [-0.39, 0.29) is 11.5 Å². The molecular weight excluding hydrogens is 266 g/mol. The van der Waals surface area contributed by atoms with Crippen LogP contribution in [0.15, 0.2) is 48.5 Å². The standard InChI is InChI=1S/C14H10ClNO3/c15-11-3-1-2-10(8-11)13(17)16-12-6-4-9(5-7-12)14(18)19/h1-8H,(H,16,17)(H,18,19). The number of amides is 1. The van der Waals surface area contributed by atoms with Crippen molar-refractivity contribution in [2.75, 3.05) is 5.32 Å². The highest BCUT2D eigenvalue weighted by Crippen LogP contribution is 2.14. The van der Waals surface area contributed by atoms with Crippen LogP contribution in [0.2, 0.25) is 5.02 Å². The molecule has 0 atom stereocenters. The van der Waals surface area contributed by atoms with Crippen LogP contribution < -0.4 is 5.32 Å². The summed E-state index contributed by atoms with van der Waals surface area (Å²) < 4.78 is 0. The first kappa shape index (κ1) is 13.1. The second-order valence-electron chi connectivity index (χ2n) is 3.85. The molecule has 2 aromatic carbocycles. The lowest BCUT2D eigenvalue weighted by Crippen LogP contribution is -2.11. The lowest BCUT2D eigenvalue weighted by atomic mass is 10.2. The Labute approximate surface area is 114 Å². The molecule has 0 unspecified atom stereocenters. The van der Waals surface area contributed by atoms with Gasteiger partial charge in [-0.3, -0.25) is 4.79 Å². The summed E-state index contributed by atoms with van der Waals surface area (Å²) in [5, 5.41) is 11.9. The molecule has 5 heteroatoms. The largest absolute Gasteiger partial charge is 0.478 e. The Bertz CT molecular complexity index is 623. The van der Waals surface area contributed by atoms with Crippen molar-refractivity contribution in [3.8, 4) is 0 Å². The van der Waals surface area contributed by atoms with E-state index in [9.17, 15) is 9.59 Å². The van der Waals surface area contributed by atoms with Gasteiger partial charge in [0.25, 0.3) is 5.91 Å². The molecule has 0 aromatic heterocycles. The van der Waals surface area contributed by atoms with E-state index in [0.717, 1.165) is 0 Å². The fraction of sp³-hybridized carbons (Fsp3) is 0. The van der Waals surface area contributed by atoms with E-state index in [2.05, 4.69) is 5.32 Å². The van der Waals surface area contributed by atoms with E-state index in [0.29, 0.717) is 16.3 Å². The van der Waals surface area contributed by atoms with Crippen molar-refractivity contribution < 1.29 is 14.7 Å². The second-order valence-corrected chi connectivity index (χ2v) is 4.28. The maximum Gasteiger partial charge on any atom is 0.335 e. The zero-order valence-corrected chi connectivity index (χ0v) is 10.5. The van der Waals surface area contributed by atoms with E-state index in [4.69, 9.17) is 16.7 Å². The molecule has 2 rings (SSSR count). The molecule has 1 amide bonds.